The Kier molecular flexibility index (Phi) is 5.90. The van der Waals surface area contributed by atoms with E-state index in [1.54, 1.807) is 30.7 Å². The van der Waals surface area contributed by atoms with Crippen molar-refractivity contribution < 1.29 is 40.3 Å². The zero-order valence-electron chi connectivity index (χ0n) is 17.1. The second-order valence-corrected chi connectivity index (χ2v) is 7.05. The van der Waals surface area contributed by atoms with Gasteiger partial charge in [0.25, 0.3) is 0 Å². The van der Waals surface area contributed by atoms with Crippen LogP contribution in [0.3, 0.4) is 0 Å². The van der Waals surface area contributed by atoms with Gasteiger partial charge in [0, 0.05) is 12.4 Å². The Morgan fingerprint density at radius 2 is 1.88 bits per heavy atom. The molecule has 0 saturated carbocycles. The molecule has 8 nitrogen and oxygen atoms in total. The number of pyridine rings is 3. The van der Waals surface area contributed by atoms with Crippen LogP contribution >= 0.6 is 0 Å². The van der Waals surface area contributed by atoms with Gasteiger partial charge in [-0.3, -0.25) is 0 Å². The molecule has 33 heavy (non-hydrogen) atoms. The number of oxazole rings is 1. The molecule has 0 amide bonds. The van der Waals surface area contributed by atoms with Crippen LogP contribution in [0.2, 0.25) is 0 Å². The molecule has 1 atom stereocenters. The van der Waals surface area contributed by atoms with E-state index in [4.69, 9.17) is 9.15 Å². The van der Waals surface area contributed by atoms with Crippen LogP contribution in [0, 0.1) is 37.3 Å². The van der Waals surface area contributed by atoms with Gasteiger partial charge in [0.05, 0.1) is 0 Å². The minimum atomic E-state index is -0.423. The summed E-state index contributed by atoms with van der Waals surface area (Å²) in [6, 6.07) is 16.8. The summed E-state index contributed by atoms with van der Waals surface area (Å²) in [4.78, 5) is 21.4. The summed E-state index contributed by atoms with van der Waals surface area (Å²) in [6.45, 7) is 0. The number of rotatable bonds is 4. The van der Waals surface area contributed by atoms with Crippen molar-refractivity contribution in [1.29, 1.82) is 0 Å². The maximum absolute atomic E-state index is 6.00. The molecule has 5 heterocycles. The molecule has 0 radical (unpaired) electrons. The van der Waals surface area contributed by atoms with Gasteiger partial charge in [-0.05, 0) is 41.6 Å². The molecule has 1 N–H and O–H groups in total. The fraction of sp³-hybridized carbons (Fsp3) is 0.0417. The van der Waals surface area contributed by atoms with Gasteiger partial charge < -0.3 is 24.4 Å². The first-order valence-corrected chi connectivity index (χ1v) is 9.86. The van der Waals surface area contributed by atoms with E-state index in [1.165, 1.54) is 0 Å². The number of aliphatic imine (C=N–C) groups is 1. The smallest absolute Gasteiger partial charge is 0.449 e. The molecule has 5 aromatic rings. The van der Waals surface area contributed by atoms with E-state index in [1.807, 2.05) is 42.5 Å². The average Bonchev–Trinajstić information content (AvgIpc) is 3.48. The second kappa shape index (κ2) is 9.14. The van der Waals surface area contributed by atoms with Gasteiger partial charge in [-0.1, -0.05) is 12.3 Å². The quantitative estimate of drug-likeness (QED) is 0.223. The van der Waals surface area contributed by atoms with Crippen molar-refractivity contribution in [3.8, 4) is 17.3 Å². The molecule has 0 fully saturated rings. The summed E-state index contributed by atoms with van der Waals surface area (Å²) in [7, 11) is 0. The number of aromatic nitrogens is 4. The number of nitrogens with zero attached hydrogens (tertiary/aromatic N) is 5. The van der Waals surface area contributed by atoms with Crippen molar-refractivity contribution in [3.05, 3.63) is 90.5 Å². The van der Waals surface area contributed by atoms with Crippen LogP contribution in [0.4, 0.5) is 11.4 Å². The molecular formula is C24H14N6O2U. The minimum absolute atomic E-state index is 0. The Balaban J connectivity index is 0.00000228. The zero-order chi connectivity index (χ0) is 21.3. The molecule has 6 rings (SSSR count). The number of hydrogen-bond donors (Lipinski definition) is 1. The molecule has 0 bridgehead atoms. The van der Waals surface area contributed by atoms with E-state index < -0.39 is 6.23 Å². The van der Waals surface area contributed by atoms with Gasteiger partial charge >= 0.3 is 31.1 Å². The number of benzene rings is 1. The number of ether oxygens (including phenoxy) is 1. The Morgan fingerprint density at radius 1 is 1.00 bits per heavy atom. The predicted molar refractivity (Wildman–Crippen MR) is 118 cm³/mol. The molecule has 0 saturated heterocycles. The Labute approximate surface area is 212 Å². The van der Waals surface area contributed by atoms with Gasteiger partial charge in [0.2, 0.25) is 17.5 Å². The molecule has 1 aromatic carbocycles. The third-order valence-electron chi connectivity index (χ3n) is 4.86. The maximum atomic E-state index is 6.00. The van der Waals surface area contributed by atoms with E-state index in [-0.39, 0.29) is 31.1 Å². The number of fused-ring (bicyclic) bond motifs is 2. The fourth-order valence-corrected chi connectivity index (χ4v) is 3.42. The molecule has 156 valence electrons. The maximum Gasteiger partial charge on any atom is 2.00 e. The van der Waals surface area contributed by atoms with Crippen LogP contribution in [0.25, 0.3) is 22.7 Å². The molecule has 0 spiro atoms. The monoisotopic (exact) mass is 656 g/mol. The van der Waals surface area contributed by atoms with E-state index in [2.05, 4.69) is 42.7 Å². The Hall–Kier alpha value is -3.54. The first-order valence-electron chi connectivity index (χ1n) is 9.86. The van der Waals surface area contributed by atoms with Crippen LogP contribution in [0.15, 0.2) is 82.6 Å². The van der Waals surface area contributed by atoms with Crippen LogP contribution < -0.4 is 10.1 Å². The second-order valence-electron chi connectivity index (χ2n) is 7.05. The van der Waals surface area contributed by atoms with Gasteiger partial charge in [0.1, 0.15) is 11.2 Å². The van der Waals surface area contributed by atoms with Crippen molar-refractivity contribution in [3.63, 3.8) is 0 Å². The fourth-order valence-electron chi connectivity index (χ4n) is 3.42. The summed E-state index contributed by atoms with van der Waals surface area (Å²) in [5.74, 6) is 1.00. The normalized spacial score (nSPS) is 14.5. The molecule has 9 heteroatoms. The Morgan fingerprint density at radius 3 is 2.73 bits per heavy atom. The zero-order valence-corrected chi connectivity index (χ0v) is 21.2. The average molecular weight is 656 g/mol. The topological polar surface area (TPSA) is 98.3 Å². The number of hydrogen-bond acceptors (Lipinski definition) is 8. The Bertz CT molecular complexity index is 1400. The van der Waals surface area contributed by atoms with Crippen molar-refractivity contribution in [2.75, 3.05) is 5.32 Å². The molecular weight excluding hydrogens is 642 g/mol. The van der Waals surface area contributed by atoms with E-state index >= 15 is 0 Å². The SMILES string of the molecule is [C-](=Nc1[c-]nccc1)c1cc(-c2nc3cccnc3o2)cc(C2Nc3cccnc3O2)c1.[U+2]. The third-order valence-corrected chi connectivity index (χ3v) is 4.86. The molecule has 4 aromatic heterocycles. The summed E-state index contributed by atoms with van der Waals surface area (Å²) in [5, 5.41) is 3.33. The van der Waals surface area contributed by atoms with Crippen LogP contribution in [0.5, 0.6) is 5.88 Å². The van der Waals surface area contributed by atoms with Crippen molar-refractivity contribution in [1.82, 2.24) is 19.9 Å². The summed E-state index contributed by atoms with van der Waals surface area (Å²) in [5.41, 5.74) is 4.90. The summed E-state index contributed by atoms with van der Waals surface area (Å²) >= 11 is 0. The molecule has 1 aliphatic rings. The number of anilines is 1. The van der Waals surface area contributed by atoms with Crippen LogP contribution in [-0.2, 0) is 0 Å². The molecule has 0 aliphatic carbocycles. The van der Waals surface area contributed by atoms with Gasteiger partial charge in [-0.15, -0.1) is 29.6 Å². The molecule has 1 unspecified atom stereocenters. The van der Waals surface area contributed by atoms with E-state index in [0.29, 0.717) is 28.7 Å². The largest absolute Gasteiger partial charge is 2.00 e. The summed E-state index contributed by atoms with van der Waals surface area (Å²) in [6.07, 6.45) is 10.5. The van der Waals surface area contributed by atoms with Gasteiger partial charge in [-0.25, -0.2) is 15.0 Å². The first-order chi connectivity index (χ1) is 15.8. The van der Waals surface area contributed by atoms with Crippen molar-refractivity contribution in [2.24, 2.45) is 4.99 Å². The van der Waals surface area contributed by atoms with E-state index in [9.17, 15) is 0 Å². The third kappa shape index (κ3) is 4.38. The van der Waals surface area contributed by atoms with Crippen molar-refractivity contribution >= 4 is 28.8 Å². The minimum Gasteiger partial charge on any atom is -0.449 e. The molecule has 1 aliphatic heterocycles. The van der Waals surface area contributed by atoms with Crippen LogP contribution in [-0.4, -0.2) is 26.2 Å². The van der Waals surface area contributed by atoms with E-state index in [0.717, 1.165) is 22.4 Å². The van der Waals surface area contributed by atoms with Crippen LogP contribution in [0.1, 0.15) is 17.4 Å². The van der Waals surface area contributed by atoms with Gasteiger partial charge in [-0.2, -0.15) is 12.1 Å². The number of nitrogens with one attached hydrogen (secondary N) is 1. The standard InChI is InChI=1S/C24H14N6O2.U/c1-4-18(14-25-7-1)28-13-15-10-16(21-29-19-5-2-8-26-23(19)31-21)12-17(11-15)22-30-20-6-3-9-27-24(20)32-22;/h1-12,21,29H;/q-2;+2. The summed E-state index contributed by atoms with van der Waals surface area (Å²) < 4.78 is 11.9. The van der Waals surface area contributed by atoms with Crippen molar-refractivity contribution in [2.45, 2.75) is 6.23 Å². The van der Waals surface area contributed by atoms with Gasteiger partial charge in [0.15, 0.2) is 6.23 Å². The predicted octanol–water partition coefficient (Wildman–Crippen LogP) is 4.61. The first kappa shape index (κ1) is 21.3.